The van der Waals surface area contributed by atoms with Gasteiger partial charge in [0.1, 0.15) is 0 Å². The normalized spacial score (nSPS) is 13.1. The van der Waals surface area contributed by atoms with Crippen molar-refractivity contribution in [2.75, 3.05) is 7.05 Å². The SMILES string of the molecule is CCC(CCCc1cnn(C)c1)NC. The molecule has 0 amide bonds. The van der Waals surface area contributed by atoms with Gasteiger partial charge in [0.15, 0.2) is 0 Å². The van der Waals surface area contributed by atoms with E-state index in [1.165, 1.54) is 24.8 Å². The maximum Gasteiger partial charge on any atom is 0.0521 e. The molecule has 0 bridgehead atoms. The highest BCUT2D eigenvalue weighted by atomic mass is 15.2. The Morgan fingerprint density at radius 1 is 1.57 bits per heavy atom. The van der Waals surface area contributed by atoms with Crippen LogP contribution in [-0.2, 0) is 13.5 Å². The predicted octanol–water partition coefficient (Wildman–Crippen LogP) is 1.74. The van der Waals surface area contributed by atoms with Crippen molar-refractivity contribution in [2.24, 2.45) is 7.05 Å². The third-order valence-corrected chi connectivity index (χ3v) is 2.68. The van der Waals surface area contributed by atoms with E-state index in [9.17, 15) is 0 Å². The summed E-state index contributed by atoms with van der Waals surface area (Å²) < 4.78 is 1.87. The molecule has 80 valence electrons. The quantitative estimate of drug-likeness (QED) is 0.749. The van der Waals surface area contributed by atoms with Gasteiger partial charge in [0, 0.05) is 19.3 Å². The Labute approximate surface area is 86.5 Å². The lowest BCUT2D eigenvalue weighted by Crippen LogP contribution is -2.23. The summed E-state index contributed by atoms with van der Waals surface area (Å²) in [5.41, 5.74) is 1.35. The molecule has 0 spiro atoms. The molecule has 1 atom stereocenters. The Morgan fingerprint density at radius 3 is 2.86 bits per heavy atom. The lowest BCUT2D eigenvalue weighted by Gasteiger charge is -2.12. The minimum atomic E-state index is 0.673. The molecule has 1 N–H and O–H groups in total. The van der Waals surface area contributed by atoms with Crippen molar-refractivity contribution in [3.63, 3.8) is 0 Å². The second-order valence-corrected chi connectivity index (χ2v) is 3.81. The Bertz CT molecular complexity index is 251. The van der Waals surface area contributed by atoms with E-state index < -0.39 is 0 Å². The molecule has 0 aromatic carbocycles. The van der Waals surface area contributed by atoms with Crippen LogP contribution >= 0.6 is 0 Å². The van der Waals surface area contributed by atoms with E-state index in [1.807, 2.05) is 25.0 Å². The summed E-state index contributed by atoms with van der Waals surface area (Å²) in [6.07, 6.45) is 8.91. The van der Waals surface area contributed by atoms with Gasteiger partial charge >= 0.3 is 0 Å². The van der Waals surface area contributed by atoms with Gasteiger partial charge in [0.05, 0.1) is 6.20 Å². The molecular formula is C11H21N3. The lowest BCUT2D eigenvalue weighted by molar-refractivity contribution is 0.492. The second kappa shape index (κ2) is 5.81. The van der Waals surface area contributed by atoms with Crippen LogP contribution in [0, 0.1) is 0 Å². The number of hydrogen-bond donors (Lipinski definition) is 1. The van der Waals surface area contributed by atoms with Gasteiger partial charge in [0.25, 0.3) is 0 Å². The van der Waals surface area contributed by atoms with Gasteiger partial charge in [-0.3, -0.25) is 4.68 Å². The van der Waals surface area contributed by atoms with E-state index in [0.717, 1.165) is 6.42 Å². The highest BCUT2D eigenvalue weighted by molar-refractivity contribution is 5.03. The van der Waals surface area contributed by atoms with Crippen molar-refractivity contribution in [1.29, 1.82) is 0 Å². The molecule has 1 aromatic heterocycles. The fourth-order valence-electron chi connectivity index (χ4n) is 1.71. The molecule has 0 aliphatic carbocycles. The maximum absolute atomic E-state index is 4.16. The van der Waals surface area contributed by atoms with E-state index in [2.05, 4.69) is 23.5 Å². The summed E-state index contributed by atoms with van der Waals surface area (Å²) in [6, 6.07) is 0.673. The average Bonchev–Trinajstić information content (AvgIpc) is 2.59. The summed E-state index contributed by atoms with van der Waals surface area (Å²) in [6.45, 7) is 2.23. The first-order chi connectivity index (χ1) is 6.76. The predicted molar refractivity (Wildman–Crippen MR) is 59.3 cm³/mol. The molecule has 0 aliphatic heterocycles. The van der Waals surface area contributed by atoms with Crippen molar-refractivity contribution < 1.29 is 0 Å². The van der Waals surface area contributed by atoms with Crippen LogP contribution in [0.25, 0.3) is 0 Å². The lowest BCUT2D eigenvalue weighted by atomic mass is 10.1. The molecule has 1 rings (SSSR count). The number of rotatable bonds is 6. The standard InChI is InChI=1S/C11H21N3/c1-4-11(12-2)7-5-6-10-8-13-14(3)9-10/h8-9,11-12H,4-7H2,1-3H3. The summed E-state index contributed by atoms with van der Waals surface area (Å²) in [4.78, 5) is 0. The van der Waals surface area contributed by atoms with E-state index in [4.69, 9.17) is 0 Å². The highest BCUT2D eigenvalue weighted by Crippen LogP contribution is 2.07. The minimum absolute atomic E-state index is 0.673. The van der Waals surface area contributed by atoms with E-state index >= 15 is 0 Å². The van der Waals surface area contributed by atoms with Crippen LogP contribution in [0.15, 0.2) is 12.4 Å². The molecular weight excluding hydrogens is 174 g/mol. The van der Waals surface area contributed by atoms with Crippen LogP contribution in [0.3, 0.4) is 0 Å². The topological polar surface area (TPSA) is 29.9 Å². The highest BCUT2D eigenvalue weighted by Gasteiger charge is 2.03. The number of aromatic nitrogens is 2. The van der Waals surface area contributed by atoms with Gasteiger partial charge in [0.2, 0.25) is 0 Å². The molecule has 1 unspecified atom stereocenters. The van der Waals surface area contributed by atoms with Gasteiger partial charge in [-0.15, -0.1) is 0 Å². The number of nitrogens with zero attached hydrogens (tertiary/aromatic N) is 2. The van der Waals surface area contributed by atoms with Crippen molar-refractivity contribution in [3.8, 4) is 0 Å². The molecule has 0 fully saturated rings. The van der Waals surface area contributed by atoms with Crippen molar-refractivity contribution in [3.05, 3.63) is 18.0 Å². The van der Waals surface area contributed by atoms with Gasteiger partial charge in [-0.25, -0.2) is 0 Å². The first-order valence-electron chi connectivity index (χ1n) is 5.41. The van der Waals surface area contributed by atoms with Crippen LogP contribution < -0.4 is 5.32 Å². The third-order valence-electron chi connectivity index (χ3n) is 2.68. The maximum atomic E-state index is 4.16. The van der Waals surface area contributed by atoms with Crippen LogP contribution in [0.5, 0.6) is 0 Å². The summed E-state index contributed by atoms with van der Waals surface area (Å²) in [7, 11) is 4.00. The smallest absolute Gasteiger partial charge is 0.0521 e. The Balaban J connectivity index is 2.21. The van der Waals surface area contributed by atoms with Gasteiger partial charge in [-0.1, -0.05) is 6.92 Å². The first kappa shape index (κ1) is 11.2. The Kier molecular flexibility index (Phi) is 4.66. The fourth-order valence-corrected chi connectivity index (χ4v) is 1.71. The summed E-state index contributed by atoms with van der Waals surface area (Å²) >= 11 is 0. The first-order valence-corrected chi connectivity index (χ1v) is 5.41. The van der Waals surface area contributed by atoms with Crippen molar-refractivity contribution >= 4 is 0 Å². The van der Waals surface area contributed by atoms with Crippen LogP contribution in [-0.4, -0.2) is 22.9 Å². The number of nitrogens with one attached hydrogen (secondary N) is 1. The molecule has 3 nitrogen and oxygen atoms in total. The molecule has 0 saturated carbocycles. The van der Waals surface area contributed by atoms with E-state index in [0.29, 0.717) is 6.04 Å². The monoisotopic (exact) mass is 195 g/mol. The summed E-state index contributed by atoms with van der Waals surface area (Å²) in [5.74, 6) is 0. The molecule has 0 aliphatic rings. The Morgan fingerprint density at radius 2 is 2.36 bits per heavy atom. The molecule has 1 heterocycles. The zero-order valence-electron chi connectivity index (χ0n) is 9.45. The number of aryl methyl sites for hydroxylation is 2. The second-order valence-electron chi connectivity index (χ2n) is 3.81. The van der Waals surface area contributed by atoms with Gasteiger partial charge in [-0.2, -0.15) is 5.10 Å². The minimum Gasteiger partial charge on any atom is -0.317 e. The van der Waals surface area contributed by atoms with Crippen LogP contribution in [0.1, 0.15) is 31.7 Å². The Hall–Kier alpha value is -0.830. The molecule has 0 saturated heterocycles. The molecule has 0 radical (unpaired) electrons. The molecule has 3 heteroatoms. The zero-order valence-corrected chi connectivity index (χ0v) is 9.45. The van der Waals surface area contributed by atoms with E-state index in [-0.39, 0.29) is 0 Å². The van der Waals surface area contributed by atoms with E-state index in [1.54, 1.807) is 0 Å². The third kappa shape index (κ3) is 3.50. The van der Waals surface area contributed by atoms with Crippen molar-refractivity contribution in [2.45, 2.75) is 38.6 Å². The zero-order chi connectivity index (χ0) is 10.4. The largest absolute Gasteiger partial charge is 0.317 e. The van der Waals surface area contributed by atoms with Crippen LogP contribution in [0.2, 0.25) is 0 Å². The summed E-state index contributed by atoms with van der Waals surface area (Å²) in [5, 5.41) is 7.48. The van der Waals surface area contributed by atoms with Crippen molar-refractivity contribution in [1.82, 2.24) is 15.1 Å². The fraction of sp³-hybridized carbons (Fsp3) is 0.727. The van der Waals surface area contributed by atoms with Gasteiger partial charge in [-0.05, 0) is 38.3 Å². The molecule has 1 aromatic rings. The number of hydrogen-bond acceptors (Lipinski definition) is 2. The van der Waals surface area contributed by atoms with Crippen LogP contribution in [0.4, 0.5) is 0 Å². The average molecular weight is 195 g/mol. The van der Waals surface area contributed by atoms with Gasteiger partial charge < -0.3 is 5.32 Å². The molecule has 14 heavy (non-hydrogen) atoms.